The number of methoxy groups -OCH3 is 1. The second-order valence-corrected chi connectivity index (χ2v) is 4.44. The Hall–Kier alpha value is -1.92. The Labute approximate surface area is 121 Å². The lowest BCUT2D eigenvalue weighted by Gasteiger charge is -2.20. The molecule has 0 aliphatic carbocycles. The molecule has 2 rings (SSSR count). The van der Waals surface area contributed by atoms with Gasteiger partial charge in [-0.2, -0.15) is 4.98 Å². The number of nitrogens with zero attached hydrogens (tertiary/aromatic N) is 2. The van der Waals surface area contributed by atoms with Gasteiger partial charge in [0, 0.05) is 19.4 Å². The van der Waals surface area contributed by atoms with Crippen LogP contribution in [0.4, 0.5) is 5.82 Å². The van der Waals surface area contributed by atoms with E-state index in [0.717, 1.165) is 0 Å². The molecule has 1 aromatic heterocycles. The molecule has 4 atom stereocenters. The van der Waals surface area contributed by atoms with Gasteiger partial charge in [-0.1, -0.05) is 5.92 Å². The van der Waals surface area contributed by atoms with E-state index in [1.807, 2.05) is 0 Å². The van der Waals surface area contributed by atoms with Crippen molar-refractivity contribution >= 4 is 5.82 Å². The van der Waals surface area contributed by atoms with E-state index < -0.39 is 30.2 Å². The van der Waals surface area contributed by atoms with Crippen LogP contribution in [-0.2, 0) is 9.47 Å². The largest absolute Gasteiger partial charge is 0.394 e. The fourth-order valence-electron chi connectivity index (χ4n) is 2.15. The highest BCUT2D eigenvalue weighted by molar-refractivity contribution is 5.38. The summed E-state index contributed by atoms with van der Waals surface area (Å²) in [4.78, 5) is 15.9. The number of aliphatic hydroxyl groups excluding tert-OH is 2. The van der Waals surface area contributed by atoms with E-state index in [1.165, 1.54) is 17.9 Å². The maximum atomic E-state index is 12.0. The molecule has 2 heterocycles. The monoisotopic (exact) mass is 295 g/mol. The molecule has 0 spiro atoms. The Kier molecular flexibility index (Phi) is 4.93. The molecular formula is C13H17N3O5. The molecule has 8 heteroatoms. The van der Waals surface area contributed by atoms with Crippen molar-refractivity contribution in [3.63, 3.8) is 0 Å². The van der Waals surface area contributed by atoms with Crippen molar-refractivity contribution in [2.24, 2.45) is 0 Å². The Morgan fingerprint density at radius 1 is 1.62 bits per heavy atom. The van der Waals surface area contributed by atoms with Gasteiger partial charge in [0.1, 0.15) is 24.1 Å². The van der Waals surface area contributed by atoms with E-state index in [0.29, 0.717) is 5.82 Å². The van der Waals surface area contributed by atoms with Gasteiger partial charge in [0.05, 0.1) is 6.61 Å². The number of rotatable bonds is 4. The summed E-state index contributed by atoms with van der Waals surface area (Å²) in [5, 5.41) is 21.8. The summed E-state index contributed by atoms with van der Waals surface area (Å²) in [6, 6.07) is 4.14. The van der Waals surface area contributed by atoms with Gasteiger partial charge in [-0.05, 0) is 13.0 Å². The van der Waals surface area contributed by atoms with E-state index in [1.54, 1.807) is 13.0 Å². The van der Waals surface area contributed by atoms with Crippen molar-refractivity contribution < 1.29 is 19.7 Å². The maximum Gasteiger partial charge on any atom is 0.351 e. The Morgan fingerprint density at radius 2 is 2.38 bits per heavy atom. The van der Waals surface area contributed by atoms with E-state index in [4.69, 9.17) is 14.6 Å². The predicted octanol–water partition coefficient (Wildman–Crippen LogP) is -1.10. The molecule has 0 amide bonds. The van der Waals surface area contributed by atoms with E-state index >= 15 is 0 Å². The number of ether oxygens (including phenoxy) is 2. The summed E-state index contributed by atoms with van der Waals surface area (Å²) >= 11 is 0. The summed E-state index contributed by atoms with van der Waals surface area (Å²) < 4.78 is 11.8. The van der Waals surface area contributed by atoms with Gasteiger partial charge in [-0.15, -0.1) is 0 Å². The first-order chi connectivity index (χ1) is 10.1. The van der Waals surface area contributed by atoms with Crippen LogP contribution in [0.3, 0.4) is 0 Å². The van der Waals surface area contributed by atoms with E-state index in [9.17, 15) is 9.90 Å². The standard InChI is InChI=1S/C13H17N3O5/c1-3-5-14-9-4-6-16(13(19)15-9)12-11(20-2)10(18)8(7-17)21-12/h4,6,8,10-12,17-18H,7H2,1-2H3,(H,14,15,19)/t8-,10+,11?,12-/m1/s1. The molecule has 21 heavy (non-hydrogen) atoms. The number of anilines is 1. The third-order valence-electron chi connectivity index (χ3n) is 3.18. The minimum absolute atomic E-state index is 0.317. The lowest BCUT2D eigenvalue weighted by molar-refractivity contribution is -0.0624. The minimum atomic E-state index is -1.03. The van der Waals surface area contributed by atoms with Crippen LogP contribution in [-0.4, -0.2) is 51.8 Å². The van der Waals surface area contributed by atoms with Crippen LogP contribution in [0.5, 0.6) is 0 Å². The number of nitrogens with one attached hydrogen (secondary N) is 1. The fraction of sp³-hybridized carbons (Fsp3) is 0.538. The molecular weight excluding hydrogens is 278 g/mol. The molecule has 3 N–H and O–H groups in total. The maximum absolute atomic E-state index is 12.0. The first-order valence-electron chi connectivity index (χ1n) is 6.36. The van der Waals surface area contributed by atoms with Gasteiger partial charge in [0.15, 0.2) is 6.23 Å². The van der Waals surface area contributed by atoms with Crippen LogP contribution in [0.25, 0.3) is 0 Å². The highest BCUT2D eigenvalue weighted by atomic mass is 16.6. The SMILES string of the molecule is CC#CNc1ccn([C@@H]2O[C@H](CO)[C@H](O)C2OC)c(=O)n1. The van der Waals surface area contributed by atoms with Crippen LogP contribution in [0.2, 0.25) is 0 Å². The number of hydrogen-bond acceptors (Lipinski definition) is 7. The molecule has 0 radical (unpaired) electrons. The molecule has 1 aromatic rings. The molecule has 8 nitrogen and oxygen atoms in total. The average molecular weight is 295 g/mol. The van der Waals surface area contributed by atoms with Gasteiger partial charge < -0.3 is 19.7 Å². The quantitative estimate of drug-likeness (QED) is 0.478. The van der Waals surface area contributed by atoms with Crippen LogP contribution in [0, 0.1) is 12.0 Å². The van der Waals surface area contributed by atoms with Gasteiger partial charge in [0.25, 0.3) is 0 Å². The van der Waals surface area contributed by atoms with Crippen molar-refractivity contribution in [2.75, 3.05) is 19.0 Å². The van der Waals surface area contributed by atoms with Crippen LogP contribution in [0.1, 0.15) is 13.2 Å². The highest BCUT2D eigenvalue weighted by Gasteiger charge is 2.45. The summed E-state index contributed by atoms with van der Waals surface area (Å²) in [5.41, 5.74) is -0.573. The van der Waals surface area contributed by atoms with Crippen molar-refractivity contribution in [1.82, 2.24) is 9.55 Å². The number of aromatic nitrogens is 2. The first-order valence-corrected chi connectivity index (χ1v) is 6.36. The van der Waals surface area contributed by atoms with Crippen LogP contribution in [0.15, 0.2) is 17.1 Å². The molecule has 1 aliphatic rings. The van der Waals surface area contributed by atoms with Crippen molar-refractivity contribution in [3.8, 4) is 12.0 Å². The lowest BCUT2D eigenvalue weighted by Crippen LogP contribution is -2.37. The minimum Gasteiger partial charge on any atom is -0.394 e. The molecule has 1 unspecified atom stereocenters. The van der Waals surface area contributed by atoms with E-state index in [2.05, 4.69) is 22.3 Å². The number of hydrogen-bond donors (Lipinski definition) is 3. The summed E-state index contributed by atoms with van der Waals surface area (Å²) in [6.07, 6.45) is -1.99. The van der Waals surface area contributed by atoms with Crippen molar-refractivity contribution in [2.45, 2.75) is 31.5 Å². The van der Waals surface area contributed by atoms with Gasteiger partial charge >= 0.3 is 5.69 Å². The molecule has 1 saturated heterocycles. The molecule has 0 aromatic carbocycles. The van der Waals surface area contributed by atoms with E-state index in [-0.39, 0.29) is 6.61 Å². The molecule has 1 fully saturated rings. The normalized spacial score (nSPS) is 28.0. The number of aliphatic hydroxyl groups is 2. The zero-order chi connectivity index (χ0) is 15.4. The Bertz CT molecular complexity index is 606. The molecule has 0 bridgehead atoms. The lowest BCUT2D eigenvalue weighted by atomic mass is 10.1. The third-order valence-corrected chi connectivity index (χ3v) is 3.18. The van der Waals surface area contributed by atoms with Gasteiger partial charge in [-0.3, -0.25) is 9.88 Å². The smallest absolute Gasteiger partial charge is 0.351 e. The summed E-state index contributed by atoms with van der Waals surface area (Å²) in [5.74, 6) is 2.94. The predicted molar refractivity (Wildman–Crippen MR) is 73.4 cm³/mol. The van der Waals surface area contributed by atoms with Crippen molar-refractivity contribution in [3.05, 3.63) is 22.7 Å². The summed E-state index contributed by atoms with van der Waals surface area (Å²) in [7, 11) is 1.40. The van der Waals surface area contributed by atoms with Crippen molar-refractivity contribution in [1.29, 1.82) is 0 Å². The van der Waals surface area contributed by atoms with Gasteiger partial charge in [0.2, 0.25) is 0 Å². The van der Waals surface area contributed by atoms with Crippen LogP contribution < -0.4 is 11.0 Å². The average Bonchev–Trinajstić information content (AvgIpc) is 2.81. The molecule has 114 valence electrons. The topological polar surface area (TPSA) is 106 Å². The fourth-order valence-corrected chi connectivity index (χ4v) is 2.15. The second-order valence-electron chi connectivity index (χ2n) is 4.44. The first kappa shape index (κ1) is 15.5. The zero-order valence-electron chi connectivity index (χ0n) is 11.7. The molecule has 0 saturated carbocycles. The second kappa shape index (κ2) is 6.69. The highest BCUT2D eigenvalue weighted by Crippen LogP contribution is 2.30. The third kappa shape index (κ3) is 3.06. The molecule has 1 aliphatic heterocycles. The summed E-state index contributed by atoms with van der Waals surface area (Å²) in [6.45, 7) is 1.28. The zero-order valence-corrected chi connectivity index (χ0v) is 11.7. The van der Waals surface area contributed by atoms with Gasteiger partial charge in [-0.25, -0.2) is 4.79 Å². The Morgan fingerprint density at radius 3 is 2.95 bits per heavy atom. The Balaban J connectivity index is 2.28. The van der Waals surface area contributed by atoms with Crippen LogP contribution >= 0.6 is 0 Å².